The average molecular weight is 280 g/mol. The monoisotopic (exact) mass is 280 g/mol. The number of imidazole rings is 1. The average Bonchev–Trinajstić information content (AvgIpc) is 3.15. The molecule has 0 atom stereocenters. The third-order valence-corrected chi connectivity index (χ3v) is 3.16. The summed E-state index contributed by atoms with van der Waals surface area (Å²) in [6.07, 6.45) is 1.63. The second-order valence-corrected chi connectivity index (χ2v) is 4.56. The van der Waals surface area contributed by atoms with Crippen LogP contribution >= 0.6 is 0 Å². The van der Waals surface area contributed by atoms with E-state index in [0.717, 1.165) is 16.6 Å². The Morgan fingerprint density at radius 1 is 0.952 bits per heavy atom. The molecule has 0 spiro atoms. The van der Waals surface area contributed by atoms with Gasteiger partial charge in [0.2, 0.25) is 11.8 Å². The summed E-state index contributed by atoms with van der Waals surface area (Å²) in [5.74, 6) is 0.325. The number of halogens is 1. The van der Waals surface area contributed by atoms with Crippen LogP contribution in [0.1, 0.15) is 0 Å². The van der Waals surface area contributed by atoms with Crippen LogP contribution in [0.5, 0.6) is 0 Å². The fourth-order valence-corrected chi connectivity index (χ4v) is 2.15. The van der Waals surface area contributed by atoms with Crippen LogP contribution in [0.25, 0.3) is 33.9 Å². The first-order valence-corrected chi connectivity index (χ1v) is 6.32. The first-order valence-electron chi connectivity index (χ1n) is 6.32. The summed E-state index contributed by atoms with van der Waals surface area (Å²) in [6.45, 7) is 0. The van der Waals surface area contributed by atoms with Crippen LogP contribution in [-0.2, 0) is 0 Å². The zero-order valence-corrected chi connectivity index (χ0v) is 10.7. The molecule has 2 heterocycles. The molecule has 0 bridgehead atoms. The Morgan fingerprint density at radius 3 is 2.57 bits per heavy atom. The highest BCUT2D eigenvalue weighted by atomic mass is 19.1. The van der Waals surface area contributed by atoms with Crippen molar-refractivity contribution in [1.29, 1.82) is 0 Å². The number of rotatable bonds is 2. The Balaban J connectivity index is 1.76. The van der Waals surface area contributed by atoms with E-state index >= 15 is 0 Å². The Bertz CT molecular complexity index is 928. The summed E-state index contributed by atoms with van der Waals surface area (Å²) in [7, 11) is 0. The van der Waals surface area contributed by atoms with E-state index in [2.05, 4.69) is 20.2 Å². The van der Waals surface area contributed by atoms with Gasteiger partial charge in [-0.1, -0.05) is 6.07 Å². The van der Waals surface area contributed by atoms with Gasteiger partial charge in [0, 0.05) is 11.1 Å². The largest absolute Gasteiger partial charge is 0.416 e. The van der Waals surface area contributed by atoms with Crippen molar-refractivity contribution in [2.45, 2.75) is 0 Å². The van der Waals surface area contributed by atoms with Crippen molar-refractivity contribution in [3.8, 4) is 22.9 Å². The van der Waals surface area contributed by atoms with Gasteiger partial charge in [-0.3, -0.25) is 0 Å². The molecule has 5 nitrogen and oxygen atoms in total. The Hall–Kier alpha value is -3.02. The maximum Gasteiger partial charge on any atom is 0.248 e. The Kier molecular flexibility index (Phi) is 2.53. The summed E-state index contributed by atoms with van der Waals surface area (Å²) in [6, 6.07) is 11.6. The fraction of sp³-hybridized carbons (Fsp3) is 0. The van der Waals surface area contributed by atoms with Crippen molar-refractivity contribution in [3.05, 3.63) is 54.6 Å². The lowest BCUT2D eigenvalue weighted by Gasteiger charge is -1.96. The minimum atomic E-state index is -0.342. The molecule has 0 aliphatic carbocycles. The number of aromatic amines is 1. The molecule has 2 aromatic carbocycles. The maximum atomic E-state index is 13.2. The summed E-state index contributed by atoms with van der Waals surface area (Å²) in [5.41, 5.74) is 3.08. The van der Waals surface area contributed by atoms with E-state index in [4.69, 9.17) is 4.42 Å². The van der Waals surface area contributed by atoms with Gasteiger partial charge in [0.05, 0.1) is 17.4 Å². The third-order valence-electron chi connectivity index (χ3n) is 3.16. The number of fused-ring (bicyclic) bond motifs is 1. The number of H-pyrrole nitrogens is 1. The molecule has 0 saturated heterocycles. The van der Waals surface area contributed by atoms with Crippen LogP contribution in [0, 0.1) is 5.82 Å². The molecule has 0 amide bonds. The van der Waals surface area contributed by atoms with Gasteiger partial charge in [-0.05, 0) is 36.4 Å². The van der Waals surface area contributed by atoms with Crippen LogP contribution in [0.2, 0.25) is 0 Å². The number of hydrogen-bond donors (Lipinski definition) is 1. The van der Waals surface area contributed by atoms with Crippen molar-refractivity contribution < 1.29 is 8.81 Å². The normalized spacial score (nSPS) is 11.1. The molecule has 0 aliphatic heterocycles. The third kappa shape index (κ3) is 2.06. The van der Waals surface area contributed by atoms with E-state index in [9.17, 15) is 4.39 Å². The predicted molar refractivity (Wildman–Crippen MR) is 74.8 cm³/mol. The minimum absolute atomic E-state index is 0.286. The lowest BCUT2D eigenvalue weighted by molar-refractivity contribution is 0.582. The van der Waals surface area contributed by atoms with Gasteiger partial charge in [0.15, 0.2) is 0 Å². The Labute approximate surface area is 118 Å². The molecule has 0 radical (unpaired) electrons. The molecule has 21 heavy (non-hydrogen) atoms. The number of hydrogen-bond acceptors (Lipinski definition) is 4. The van der Waals surface area contributed by atoms with Crippen LogP contribution in [-0.4, -0.2) is 20.2 Å². The van der Waals surface area contributed by atoms with Crippen molar-refractivity contribution >= 4 is 11.0 Å². The van der Waals surface area contributed by atoms with E-state index in [-0.39, 0.29) is 11.7 Å². The highest BCUT2D eigenvalue weighted by Gasteiger charge is 2.11. The van der Waals surface area contributed by atoms with Gasteiger partial charge in [-0.15, -0.1) is 10.2 Å². The van der Waals surface area contributed by atoms with E-state index in [1.54, 1.807) is 18.5 Å². The van der Waals surface area contributed by atoms with Gasteiger partial charge in [0.25, 0.3) is 0 Å². The summed E-state index contributed by atoms with van der Waals surface area (Å²) in [4.78, 5) is 7.18. The molecule has 2 aromatic heterocycles. The summed E-state index contributed by atoms with van der Waals surface area (Å²) < 4.78 is 18.8. The van der Waals surface area contributed by atoms with Crippen LogP contribution < -0.4 is 0 Å². The quantitative estimate of drug-likeness (QED) is 0.611. The van der Waals surface area contributed by atoms with Crippen molar-refractivity contribution in [2.75, 3.05) is 0 Å². The van der Waals surface area contributed by atoms with Crippen LogP contribution in [0.4, 0.5) is 4.39 Å². The number of nitrogens with one attached hydrogen (secondary N) is 1. The smallest absolute Gasteiger partial charge is 0.248 e. The molecule has 6 heteroatoms. The highest BCUT2D eigenvalue weighted by molar-refractivity contribution is 5.79. The molecular formula is C15H9FN4O. The first-order chi connectivity index (χ1) is 10.3. The fourth-order valence-electron chi connectivity index (χ4n) is 2.15. The lowest BCUT2D eigenvalue weighted by Crippen LogP contribution is -1.79. The second kappa shape index (κ2) is 4.52. The molecule has 4 rings (SSSR count). The zero-order valence-electron chi connectivity index (χ0n) is 10.7. The molecular weight excluding hydrogens is 271 g/mol. The Morgan fingerprint density at radius 2 is 1.76 bits per heavy atom. The van der Waals surface area contributed by atoms with Gasteiger partial charge in [0.1, 0.15) is 5.82 Å². The topological polar surface area (TPSA) is 67.6 Å². The standard InChI is InChI=1S/C15H9FN4O/c16-11-3-1-2-9(6-11)14-19-20-15(21-14)10-4-5-12-13(7-10)18-8-17-12/h1-8H,(H,17,18). The summed E-state index contributed by atoms with van der Waals surface area (Å²) in [5, 5.41) is 7.97. The van der Waals surface area contributed by atoms with Gasteiger partial charge in [-0.25, -0.2) is 9.37 Å². The van der Waals surface area contributed by atoms with Crippen LogP contribution in [0.3, 0.4) is 0 Å². The number of nitrogens with zero attached hydrogens (tertiary/aromatic N) is 3. The van der Waals surface area contributed by atoms with E-state index in [1.807, 2.05) is 18.2 Å². The molecule has 0 fully saturated rings. The lowest BCUT2D eigenvalue weighted by atomic mass is 10.2. The molecule has 0 unspecified atom stereocenters. The van der Waals surface area contributed by atoms with Gasteiger partial charge < -0.3 is 9.40 Å². The van der Waals surface area contributed by atoms with E-state index in [1.165, 1.54) is 12.1 Å². The molecule has 0 saturated carbocycles. The van der Waals surface area contributed by atoms with Crippen molar-refractivity contribution in [1.82, 2.24) is 20.2 Å². The van der Waals surface area contributed by atoms with Crippen molar-refractivity contribution in [2.24, 2.45) is 0 Å². The van der Waals surface area contributed by atoms with E-state index in [0.29, 0.717) is 11.5 Å². The molecule has 0 aliphatic rings. The highest BCUT2D eigenvalue weighted by Crippen LogP contribution is 2.25. The maximum absolute atomic E-state index is 13.2. The second-order valence-electron chi connectivity index (χ2n) is 4.56. The van der Waals surface area contributed by atoms with Gasteiger partial charge >= 0.3 is 0 Å². The molecule has 4 aromatic rings. The SMILES string of the molecule is Fc1cccc(-c2nnc(-c3ccc4nc[nH]c4c3)o2)c1. The number of benzene rings is 2. The van der Waals surface area contributed by atoms with Crippen LogP contribution in [0.15, 0.2) is 53.2 Å². The zero-order chi connectivity index (χ0) is 14.2. The van der Waals surface area contributed by atoms with Gasteiger partial charge in [-0.2, -0.15) is 0 Å². The van der Waals surface area contributed by atoms with Crippen molar-refractivity contribution in [3.63, 3.8) is 0 Å². The first kappa shape index (κ1) is 11.8. The molecule has 102 valence electrons. The number of aromatic nitrogens is 4. The minimum Gasteiger partial charge on any atom is -0.416 e. The predicted octanol–water partition coefficient (Wildman–Crippen LogP) is 3.42. The molecule has 1 N–H and O–H groups in total. The summed E-state index contributed by atoms with van der Waals surface area (Å²) >= 11 is 0. The van der Waals surface area contributed by atoms with E-state index < -0.39 is 0 Å².